The van der Waals surface area contributed by atoms with E-state index in [4.69, 9.17) is 16.3 Å². The summed E-state index contributed by atoms with van der Waals surface area (Å²) in [5, 5.41) is 0.512. The Labute approximate surface area is 114 Å². The fourth-order valence-corrected chi connectivity index (χ4v) is 2.88. The highest BCUT2D eigenvalue weighted by Gasteiger charge is 2.25. The summed E-state index contributed by atoms with van der Waals surface area (Å²) in [5.74, 6) is 1.53. The van der Waals surface area contributed by atoms with E-state index in [1.165, 1.54) is 25.6 Å². The molecular formula is C14H21ClN2O. The van der Waals surface area contributed by atoms with E-state index in [1.54, 1.807) is 0 Å². The van der Waals surface area contributed by atoms with Crippen molar-refractivity contribution in [3.05, 3.63) is 17.0 Å². The molecule has 3 nitrogen and oxygen atoms in total. The van der Waals surface area contributed by atoms with Crippen molar-refractivity contribution in [2.75, 3.05) is 0 Å². The molecule has 0 N–H and O–H groups in total. The Kier molecular flexibility index (Phi) is 4.44. The highest BCUT2D eigenvalue weighted by Crippen LogP contribution is 2.33. The second kappa shape index (κ2) is 5.87. The number of hydrogen-bond acceptors (Lipinski definition) is 3. The van der Waals surface area contributed by atoms with Crippen molar-refractivity contribution in [1.29, 1.82) is 0 Å². The largest absolute Gasteiger partial charge is 0.474 e. The van der Waals surface area contributed by atoms with Crippen LogP contribution in [0.5, 0.6) is 5.88 Å². The summed E-state index contributed by atoms with van der Waals surface area (Å²) in [6.45, 7) is 6.42. The number of rotatable bonds is 3. The molecule has 1 fully saturated rings. The predicted molar refractivity (Wildman–Crippen MR) is 73.2 cm³/mol. The first-order valence-electron chi connectivity index (χ1n) is 6.76. The molecular weight excluding hydrogens is 248 g/mol. The summed E-state index contributed by atoms with van der Waals surface area (Å²) in [6.07, 6.45) is 6.65. The lowest BCUT2D eigenvalue weighted by atomic mass is 9.88. The monoisotopic (exact) mass is 268 g/mol. The molecule has 0 aromatic carbocycles. The maximum Gasteiger partial charge on any atom is 0.221 e. The summed E-state index contributed by atoms with van der Waals surface area (Å²) in [4.78, 5) is 8.32. The Balaban J connectivity index is 2.20. The Morgan fingerprint density at radius 3 is 2.67 bits per heavy atom. The highest BCUT2D eigenvalue weighted by atomic mass is 35.5. The molecule has 0 spiro atoms. The Morgan fingerprint density at radius 2 is 2.00 bits per heavy atom. The van der Waals surface area contributed by atoms with Gasteiger partial charge in [0, 0.05) is 0 Å². The lowest BCUT2D eigenvalue weighted by Crippen LogP contribution is -2.29. The fourth-order valence-electron chi connectivity index (χ4n) is 2.54. The molecule has 0 amide bonds. The second-order valence-corrected chi connectivity index (χ2v) is 5.81. The molecule has 1 heterocycles. The normalized spacial score (nSPS) is 24.3. The third kappa shape index (κ3) is 2.94. The lowest BCUT2D eigenvalue weighted by molar-refractivity contribution is 0.0959. The van der Waals surface area contributed by atoms with E-state index in [-0.39, 0.29) is 12.0 Å². The standard InChI is InChI=1S/C14H21ClN2O/c1-9(2)12-13(15)16-8-17-14(12)18-11-7-5-4-6-10(11)3/h8-11H,4-7H2,1-3H3. The Morgan fingerprint density at radius 1 is 1.28 bits per heavy atom. The minimum atomic E-state index is 0.266. The van der Waals surface area contributed by atoms with Crippen molar-refractivity contribution in [2.45, 2.75) is 58.5 Å². The first-order chi connectivity index (χ1) is 8.59. The van der Waals surface area contributed by atoms with E-state index in [0.29, 0.717) is 17.0 Å². The van der Waals surface area contributed by atoms with Crippen LogP contribution >= 0.6 is 11.6 Å². The minimum Gasteiger partial charge on any atom is -0.474 e. The van der Waals surface area contributed by atoms with Crippen LogP contribution in [0.3, 0.4) is 0 Å². The third-order valence-electron chi connectivity index (χ3n) is 3.67. The molecule has 18 heavy (non-hydrogen) atoms. The summed E-state index contributed by atoms with van der Waals surface area (Å²) in [5.41, 5.74) is 0.928. The first-order valence-corrected chi connectivity index (χ1v) is 7.14. The molecule has 0 bridgehead atoms. The van der Waals surface area contributed by atoms with Gasteiger partial charge in [-0.2, -0.15) is 0 Å². The average molecular weight is 269 g/mol. The van der Waals surface area contributed by atoms with Gasteiger partial charge in [0.1, 0.15) is 17.6 Å². The van der Waals surface area contributed by atoms with Gasteiger partial charge in [0.2, 0.25) is 5.88 Å². The minimum absolute atomic E-state index is 0.266. The molecule has 2 rings (SSSR count). The van der Waals surface area contributed by atoms with E-state index in [1.807, 2.05) is 0 Å². The van der Waals surface area contributed by atoms with Crippen LogP contribution in [0.1, 0.15) is 57.9 Å². The number of halogens is 1. The number of aromatic nitrogens is 2. The lowest BCUT2D eigenvalue weighted by Gasteiger charge is -2.29. The molecule has 2 atom stereocenters. The Bertz CT molecular complexity index is 409. The molecule has 100 valence electrons. The maximum absolute atomic E-state index is 6.15. The summed E-state index contributed by atoms with van der Waals surface area (Å²) < 4.78 is 6.11. The van der Waals surface area contributed by atoms with Gasteiger partial charge in [0.15, 0.2) is 0 Å². The van der Waals surface area contributed by atoms with Crippen molar-refractivity contribution in [3.63, 3.8) is 0 Å². The summed E-state index contributed by atoms with van der Waals surface area (Å²) in [6, 6.07) is 0. The average Bonchev–Trinajstić information content (AvgIpc) is 2.31. The van der Waals surface area contributed by atoms with Gasteiger partial charge < -0.3 is 4.74 Å². The maximum atomic E-state index is 6.15. The third-order valence-corrected chi connectivity index (χ3v) is 3.97. The van der Waals surface area contributed by atoms with Gasteiger partial charge in [0.25, 0.3) is 0 Å². The van der Waals surface area contributed by atoms with Crippen molar-refractivity contribution < 1.29 is 4.74 Å². The van der Waals surface area contributed by atoms with Crippen LogP contribution in [-0.4, -0.2) is 16.1 Å². The Hall–Kier alpha value is -0.830. The van der Waals surface area contributed by atoms with Crippen molar-refractivity contribution in [2.24, 2.45) is 5.92 Å². The molecule has 0 saturated heterocycles. The highest BCUT2D eigenvalue weighted by molar-refractivity contribution is 6.30. The summed E-state index contributed by atoms with van der Waals surface area (Å²) in [7, 11) is 0. The van der Waals surface area contributed by atoms with Crippen LogP contribution in [-0.2, 0) is 0 Å². The van der Waals surface area contributed by atoms with E-state index in [2.05, 4.69) is 30.7 Å². The van der Waals surface area contributed by atoms with Gasteiger partial charge in [-0.3, -0.25) is 0 Å². The van der Waals surface area contributed by atoms with E-state index in [9.17, 15) is 0 Å². The SMILES string of the molecule is CC(C)c1c(Cl)ncnc1OC1CCCCC1C. The summed E-state index contributed by atoms with van der Waals surface area (Å²) >= 11 is 6.15. The zero-order chi connectivity index (χ0) is 13.1. The van der Waals surface area contributed by atoms with Crippen LogP contribution in [0.2, 0.25) is 5.15 Å². The van der Waals surface area contributed by atoms with Crippen LogP contribution < -0.4 is 4.74 Å². The molecule has 1 aliphatic carbocycles. The van der Waals surface area contributed by atoms with E-state index in [0.717, 1.165) is 12.0 Å². The van der Waals surface area contributed by atoms with Crippen LogP contribution in [0.4, 0.5) is 0 Å². The molecule has 1 aromatic heterocycles. The molecule has 4 heteroatoms. The van der Waals surface area contributed by atoms with E-state index < -0.39 is 0 Å². The van der Waals surface area contributed by atoms with Gasteiger partial charge in [-0.25, -0.2) is 9.97 Å². The number of ether oxygens (including phenoxy) is 1. The van der Waals surface area contributed by atoms with Crippen molar-refractivity contribution in [3.8, 4) is 5.88 Å². The molecule has 1 aromatic rings. The smallest absolute Gasteiger partial charge is 0.221 e. The predicted octanol–water partition coefficient (Wildman–Crippen LogP) is 4.21. The van der Waals surface area contributed by atoms with Gasteiger partial charge in [-0.15, -0.1) is 0 Å². The van der Waals surface area contributed by atoms with Crippen molar-refractivity contribution >= 4 is 11.6 Å². The zero-order valence-electron chi connectivity index (χ0n) is 11.3. The first kappa shape index (κ1) is 13.6. The number of hydrogen-bond donors (Lipinski definition) is 0. The fraction of sp³-hybridized carbons (Fsp3) is 0.714. The topological polar surface area (TPSA) is 35.0 Å². The van der Waals surface area contributed by atoms with Gasteiger partial charge in [-0.1, -0.05) is 38.8 Å². The molecule has 0 aliphatic heterocycles. The van der Waals surface area contributed by atoms with E-state index >= 15 is 0 Å². The second-order valence-electron chi connectivity index (χ2n) is 5.46. The molecule has 2 unspecified atom stereocenters. The van der Waals surface area contributed by atoms with Crippen molar-refractivity contribution in [1.82, 2.24) is 9.97 Å². The van der Waals surface area contributed by atoms with Crippen LogP contribution in [0, 0.1) is 5.92 Å². The van der Waals surface area contributed by atoms with Gasteiger partial charge in [-0.05, 0) is 31.1 Å². The van der Waals surface area contributed by atoms with Crippen LogP contribution in [0.15, 0.2) is 6.33 Å². The molecule has 1 aliphatic rings. The van der Waals surface area contributed by atoms with Crippen LogP contribution in [0.25, 0.3) is 0 Å². The quantitative estimate of drug-likeness (QED) is 0.770. The number of nitrogens with zero attached hydrogens (tertiary/aromatic N) is 2. The van der Waals surface area contributed by atoms with Gasteiger partial charge >= 0.3 is 0 Å². The molecule has 0 radical (unpaired) electrons. The van der Waals surface area contributed by atoms with Gasteiger partial charge in [0.05, 0.1) is 5.56 Å². The molecule has 1 saturated carbocycles. The zero-order valence-corrected chi connectivity index (χ0v) is 12.1.